The third-order valence-electron chi connectivity index (χ3n) is 3.99. The highest BCUT2D eigenvalue weighted by Gasteiger charge is 2.11. The minimum absolute atomic E-state index is 0.433. The first-order valence-electron chi connectivity index (χ1n) is 8.02. The Labute approximate surface area is 123 Å². The number of nitrogens with one attached hydrogen (secondary N) is 1. The van der Waals surface area contributed by atoms with Crippen LogP contribution in [0.4, 0.5) is 0 Å². The van der Waals surface area contributed by atoms with Gasteiger partial charge in [-0.05, 0) is 56.6 Å². The monoisotopic (exact) mass is 276 g/mol. The maximum atomic E-state index is 5.91. The predicted molar refractivity (Wildman–Crippen MR) is 84.3 cm³/mol. The number of rotatable bonds is 8. The second kappa shape index (κ2) is 8.28. The maximum Gasteiger partial charge on any atom is 0.119 e. The molecule has 0 aliphatic carbocycles. The van der Waals surface area contributed by atoms with Gasteiger partial charge in [-0.15, -0.1) is 0 Å². The molecule has 0 radical (unpaired) electrons. The largest absolute Gasteiger partial charge is 0.492 e. The van der Waals surface area contributed by atoms with Gasteiger partial charge in [0.1, 0.15) is 12.4 Å². The third-order valence-corrected chi connectivity index (χ3v) is 3.99. The van der Waals surface area contributed by atoms with Crippen LogP contribution in [0.2, 0.25) is 0 Å². The van der Waals surface area contributed by atoms with Crippen LogP contribution in [0, 0.1) is 0 Å². The van der Waals surface area contributed by atoms with Crippen molar-refractivity contribution in [2.75, 3.05) is 32.8 Å². The summed E-state index contributed by atoms with van der Waals surface area (Å²) in [6.07, 6.45) is 3.79. The van der Waals surface area contributed by atoms with Gasteiger partial charge in [0, 0.05) is 12.6 Å². The summed E-state index contributed by atoms with van der Waals surface area (Å²) in [4.78, 5) is 2.48. The van der Waals surface area contributed by atoms with Crippen LogP contribution in [0.15, 0.2) is 24.3 Å². The van der Waals surface area contributed by atoms with Gasteiger partial charge in [0.2, 0.25) is 0 Å². The molecule has 112 valence electrons. The molecule has 1 aromatic carbocycles. The topological polar surface area (TPSA) is 24.5 Å². The highest BCUT2D eigenvalue weighted by molar-refractivity contribution is 5.30. The standard InChI is InChI=1S/C17H28N2O/c1-3-17(18-4-2)15-8-7-9-16(14-15)20-13-12-19-10-5-6-11-19/h7-9,14,17-18H,3-6,10-13H2,1-2H3. The molecular formula is C17H28N2O. The van der Waals surface area contributed by atoms with Crippen molar-refractivity contribution >= 4 is 0 Å². The van der Waals surface area contributed by atoms with E-state index in [1.165, 1.54) is 31.5 Å². The smallest absolute Gasteiger partial charge is 0.119 e. The molecule has 0 saturated carbocycles. The van der Waals surface area contributed by atoms with Crippen LogP contribution in [-0.2, 0) is 0 Å². The quantitative estimate of drug-likeness (QED) is 0.789. The molecule has 1 saturated heterocycles. The van der Waals surface area contributed by atoms with Crippen LogP contribution in [-0.4, -0.2) is 37.7 Å². The Hall–Kier alpha value is -1.06. The number of likely N-dealkylation sites (tertiary alicyclic amines) is 1. The average Bonchev–Trinajstić information content (AvgIpc) is 2.98. The van der Waals surface area contributed by atoms with Gasteiger partial charge in [0.25, 0.3) is 0 Å². The number of hydrogen-bond donors (Lipinski definition) is 1. The number of benzene rings is 1. The highest BCUT2D eigenvalue weighted by Crippen LogP contribution is 2.21. The van der Waals surface area contributed by atoms with Crippen molar-refractivity contribution in [3.8, 4) is 5.75 Å². The van der Waals surface area contributed by atoms with E-state index in [0.29, 0.717) is 6.04 Å². The second-order valence-corrected chi connectivity index (χ2v) is 5.49. The van der Waals surface area contributed by atoms with E-state index in [2.05, 4.69) is 48.3 Å². The Morgan fingerprint density at radius 1 is 1.25 bits per heavy atom. The van der Waals surface area contributed by atoms with Gasteiger partial charge in [0.15, 0.2) is 0 Å². The molecule has 0 amide bonds. The van der Waals surface area contributed by atoms with Gasteiger partial charge in [-0.2, -0.15) is 0 Å². The number of nitrogens with zero attached hydrogens (tertiary/aromatic N) is 1. The van der Waals surface area contributed by atoms with Crippen molar-refractivity contribution in [2.24, 2.45) is 0 Å². The minimum atomic E-state index is 0.433. The summed E-state index contributed by atoms with van der Waals surface area (Å²) in [5.74, 6) is 0.998. The molecule has 1 heterocycles. The van der Waals surface area contributed by atoms with E-state index in [9.17, 15) is 0 Å². The third kappa shape index (κ3) is 4.50. The molecule has 3 nitrogen and oxygen atoms in total. The summed E-state index contributed by atoms with van der Waals surface area (Å²) in [7, 11) is 0. The molecule has 3 heteroatoms. The lowest BCUT2D eigenvalue weighted by molar-refractivity contribution is 0.237. The van der Waals surface area contributed by atoms with E-state index in [0.717, 1.165) is 31.9 Å². The fourth-order valence-corrected chi connectivity index (χ4v) is 2.86. The predicted octanol–water partition coefficient (Wildman–Crippen LogP) is 3.22. The summed E-state index contributed by atoms with van der Waals surface area (Å²) < 4.78 is 5.91. The van der Waals surface area contributed by atoms with E-state index >= 15 is 0 Å². The van der Waals surface area contributed by atoms with Crippen molar-refractivity contribution in [3.63, 3.8) is 0 Å². The van der Waals surface area contributed by atoms with Gasteiger partial charge in [-0.25, -0.2) is 0 Å². The highest BCUT2D eigenvalue weighted by atomic mass is 16.5. The van der Waals surface area contributed by atoms with Crippen molar-refractivity contribution in [3.05, 3.63) is 29.8 Å². The molecule has 0 bridgehead atoms. The first-order chi connectivity index (χ1) is 9.83. The number of hydrogen-bond acceptors (Lipinski definition) is 3. The lowest BCUT2D eigenvalue weighted by atomic mass is 10.0. The molecule has 0 spiro atoms. The van der Waals surface area contributed by atoms with E-state index in [4.69, 9.17) is 4.74 Å². The molecular weight excluding hydrogens is 248 g/mol. The van der Waals surface area contributed by atoms with Crippen molar-refractivity contribution in [2.45, 2.75) is 39.2 Å². The minimum Gasteiger partial charge on any atom is -0.492 e. The zero-order chi connectivity index (χ0) is 14.2. The fourth-order valence-electron chi connectivity index (χ4n) is 2.86. The molecule has 1 fully saturated rings. The van der Waals surface area contributed by atoms with Gasteiger partial charge < -0.3 is 10.1 Å². The van der Waals surface area contributed by atoms with Gasteiger partial charge >= 0.3 is 0 Å². The van der Waals surface area contributed by atoms with E-state index in [1.807, 2.05) is 0 Å². The van der Waals surface area contributed by atoms with Crippen molar-refractivity contribution in [1.82, 2.24) is 10.2 Å². The van der Waals surface area contributed by atoms with Crippen LogP contribution in [0.25, 0.3) is 0 Å². The van der Waals surface area contributed by atoms with Crippen LogP contribution in [0.5, 0.6) is 5.75 Å². The average molecular weight is 276 g/mol. The Morgan fingerprint density at radius 2 is 2.05 bits per heavy atom. The molecule has 1 aromatic rings. The molecule has 0 aromatic heterocycles. The molecule has 1 atom stereocenters. The summed E-state index contributed by atoms with van der Waals surface area (Å²) in [6, 6.07) is 8.96. The summed E-state index contributed by atoms with van der Waals surface area (Å²) in [5.41, 5.74) is 1.33. The molecule has 1 aliphatic rings. The first kappa shape index (κ1) is 15.3. The zero-order valence-electron chi connectivity index (χ0n) is 12.9. The molecule has 1 N–H and O–H groups in total. The van der Waals surface area contributed by atoms with Crippen LogP contribution in [0.1, 0.15) is 44.7 Å². The fraction of sp³-hybridized carbons (Fsp3) is 0.647. The Balaban J connectivity index is 1.84. The molecule has 20 heavy (non-hydrogen) atoms. The lowest BCUT2D eigenvalue weighted by Gasteiger charge is -2.18. The maximum absolute atomic E-state index is 5.91. The van der Waals surface area contributed by atoms with E-state index < -0.39 is 0 Å². The Kier molecular flexibility index (Phi) is 6.34. The normalized spacial score (nSPS) is 17.3. The summed E-state index contributed by atoms with van der Waals surface area (Å²) in [6.45, 7) is 9.69. The van der Waals surface area contributed by atoms with Crippen molar-refractivity contribution < 1.29 is 4.74 Å². The molecule has 1 unspecified atom stereocenters. The van der Waals surface area contributed by atoms with Crippen molar-refractivity contribution in [1.29, 1.82) is 0 Å². The van der Waals surface area contributed by atoms with Crippen LogP contribution in [0.3, 0.4) is 0 Å². The van der Waals surface area contributed by atoms with Crippen LogP contribution >= 0.6 is 0 Å². The summed E-state index contributed by atoms with van der Waals surface area (Å²) in [5, 5.41) is 3.51. The number of ether oxygens (including phenoxy) is 1. The first-order valence-corrected chi connectivity index (χ1v) is 8.02. The Bertz CT molecular complexity index is 388. The SMILES string of the molecule is CCNC(CC)c1cccc(OCCN2CCCC2)c1. The Morgan fingerprint density at radius 3 is 2.75 bits per heavy atom. The van der Waals surface area contributed by atoms with Crippen LogP contribution < -0.4 is 10.1 Å². The van der Waals surface area contributed by atoms with E-state index in [1.54, 1.807) is 0 Å². The van der Waals surface area contributed by atoms with Gasteiger partial charge in [-0.3, -0.25) is 4.90 Å². The van der Waals surface area contributed by atoms with Gasteiger partial charge in [0.05, 0.1) is 0 Å². The molecule has 2 rings (SSSR count). The lowest BCUT2D eigenvalue weighted by Crippen LogP contribution is -2.25. The van der Waals surface area contributed by atoms with Gasteiger partial charge in [-0.1, -0.05) is 26.0 Å². The van der Waals surface area contributed by atoms with E-state index in [-0.39, 0.29) is 0 Å². The summed E-state index contributed by atoms with van der Waals surface area (Å²) >= 11 is 0. The zero-order valence-corrected chi connectivity index (χ0v) is 12.9. The molecule has 1 aliphatic heterocycles. The second-order valence-electron chi connectivity index (χ2n) is 5.49.